The van der Waals surface area contributed by atoms with Crippen LogP contribution in [-0.4, -0.2) is 43.2 Å². The number of hydrogen-bond acceptors (Lipinski definition) is 9. The van der Waals surface area contributed by atoms with E-state index in [0.717, 1.165) is 40.4 Å². The Morgan fingerprint density at radius 3 is 2.22 bits per heavy atom. The van der Waals surface area contributed by atoms with Gasteiger partial charge in [0.15, 0.2) is 11.6 Å². The van der Waals surface area contributed by atoms with E-state index in [-0.39, 0.29) is 11.8 Å². The van der Waals surface area contributed by atoms with Crippen LogP contribution in [0.4, 0.5) is 23.0 Å². The Morgan fingerprint density at radius 2 is 1.58 bits per heavy atom. The zero-order chi connectivity index (χ0) is 24.9. The summed E-state index contributed by atoms with van der Waals surface area (Å²) in [6.45, 7) is 1.44. The number of ether oxygens (including phenoxy) is 2. The quantitative estimate of drug-likeness (QED) is 0.243. The summed E-state index contributed by atoms with van der Waals surface area (Å²) in [6.07, 6.45) is 0. The predicted octanol–water partition coefficient (Wildman–Crippen LogP) is 4.67. The van der Waals surface area contributed by atoms with Gasteiger partial charge >= 0.3 is 0 Å². The summed E-state index contributed by atoms with van der Waals surface area (Å²) in [5.74, 6) is 2.49. The lowest BCUT2D eigenvalue weighted by Gasteiger charge is -2.25. The first-order valence-corrected chi connectivity index (χ1v) is 12.2. The lowest BCUT2D eigenvalue weighted by atomic mass is 10.0. The second-order valence-electron chi connectivity index (χ2n) is 8.21. The summed E-state index contributed by atoms with van der Waals surface area (Å²) in [5.41, 5.74) is 3.04. The number of hydrogen-bond donors (Lipinski definition) is 4. The zero-order valence-corrected chi connectivity index (χ0v) is 20.7. The topological polar surface area (TPSA) is 109 Å². The molecule has 0 radical (unpaired) electrons. The molecule has 1 aliphatic rings. The summed E-state index contributed by atoms with van der Waals surface area (Å²) in [6, 6.07) is 20.9. The van der Waals surface area contributed by atoms with Gasteiger partial charge in [0.25, 0.3) is 0 Å². The number of para-hydroxylation sites is 2. The van der Waals surface area contributed by atoms with Gasteiger partial charge in [0.05, 0.1) is 31.2 Å². The van der Waals surface area contributed by atoms with Crippen LogP contribution >= 0.6 is 11.9 Å². The highest BCUT2D eigenvalue weighted by Gasteiger charge is 2.24. The van der Waals surface area contributed by atoms with Crippen LogP contribution in [-0.2, 0) is 4.79 Å². The lowest BCUT2D eigenvalue weighted by Crippen LogP contribution is -2.48. The summed E-state index contributed by atoms with van der Waals surface area (Å²) < 4.78 is 14.1. The third-order valence-corrected chi connectivity index (χ3v) is 6.49. The number of amides is 1. The van der Waals surface area contributed by atoms with Crippen molar-refractivity contribution >= 4 is 51.9 Å². The number of benzene rings is 3. The number of methoxy groups -OCH3 is 2. The summed E-state index contributed by atoms with van der Waals surface area (Å²) in [4.78, 5) is 22.8. The van der Waals surface area contributed by atoms with Crippen molar-refractivity contribution in [3.8, 4) is 11.5 Å². The first-order chi connectivity index (χ1) is 17.6. The van der Waals surface area contributed by atoms with E-state index in [1.807, 2.05) is 60.7 Å². The van der Waals surface area contributed by atoms with Gasteiger partial charge in [0.2, 0.25) is 5.91 Å². The van der Waals surface area contributed by atoms with Crippen LogP contribution in [0.3, 0.4) is 0 Å². The summed E-state index contributed by atoms with van der Waals surface area (Å²) in [5, 5.41) is 9.45. The van der Waals surface area contributed by atoms with Crippen molar-refractivity contribution in [2.45, 2.75) is 4.90 Å². The molecule has 1 fully saturated rings. The number of carbonyl (C=O) groups excluding carboxylic acids is 1. The lowest BCUT2D eigenvalue weighted by molar-refractivity contribution is -0.121. The van der Waals surface area contributed by atoms with Crippen LogP contribution in [0.25, 0.3) is 11.0 Å². The van der Waals surface area contributed by atoms with E-state index in [9.17, 15) is 4.79 Å². The number of nitrogens with zero attached hydrogens (tertiary/aromatic N) is 2. The van der Waals surface area contributed by atoms with Crippen molar-refractivity contribution in [2.24, 2.45) is 5.92 Å². The number of nitrogens with one attached hydrogen (secondary N) is 4. The maximum Gasteiger partial charge on any atom is 0.230 e. The molecule has 2 heterocycles. The fourth-order valence-electron chi connectivity index (χ4n) is 3.64. The second-order valence-corrected chi connectivity index (χ2v) is 9.09. The van der Waals surface area contributed by atoms with Gasteiger partial charge in [-0.1, -0.05) is 18.2 Å². The zero-order valence-electron chi connectivity index (χ0n) is 19.9. The molecule has 1 saturated heterocycles. The third-order valence-electron chi connectivity index (χ3n) is 5.70. The Balaban J connectivity index is 1.39. The molecule has 0 saturated carbocycles. The molecule has 184 valence electrons. The highest BCUT2D eigenvalue weighted by molar-refractivity contribution is 8.00. The van der Waals surface area contributed by atoms with Crippen LogP contribution in [0.1, 0.15) is 0 Å². The fourth-order valence-corrected chi connectivity index (χ4v) is 4.33. The molecule has 1 aliphatic heterocycles. The average Bonchev–Trinajstić information content (AvgIpc) is 2.86. The third kappa shape index (κ3) is 5.45. The van der Waals surface area contributed by atoms with E-state index in [4.69, 9.17) is 19.4 Å². The Labute approximate surface area is 213 Å². The van der Waals surface area contributed by atoms with Gasteiger partial charge in [-0.15, -0.1) is 0 Å². The van der Waals surface area contributed by atoms with Crippen molar-refractivity contribution in [3.05, 3.63) is 66.7 Å². The van der Waals surface area contributed by atoms with Crippen molar-refractivity contribution in [1.82, 2.24) is 15.3 Å². The molecule has 5 rings (SSSR count). The highest BCUT2D eigenvalue weighted by atomic mass is 32.2. The first kappa shape index (κ1) is 23.7. The molecule has 4 aromatic rings. The molecule has 0 bridgehead atoms. The van der Waals surface area contributed by atoms with E-state index in [0.29, 0.717) is 23.1 Å². The Hall–Kier alpha value is -4.02. The van der Waals surface area contributed by atoms with Crippen molar-refractivity contribution in [3.63, 3.8) is 0 Å². The summed E-state index contributed by atoms with van der Waals surface area (Å²) >= 11 is 1.39. The number of aromatic nitrogens is 2. The average molecular weight is 503 g/mol. The van der Waals surface area contributed by atoms with Gasteiger partial charge in [-0.3, -0.25) is 4.79 Å². The summed E-state index contributed by atoms with van der Waals surface area (Å²) in [7, 11) is 3.22. The maximum absolute atomic E-state index is 12.3. The minimum Gasteiger partial charge on any atom is -0.497 e. The van der Waals surface area contributed by atoms with Crippen LogP contribution in [0.2, 0.25) is 0 Å². The van der Waals surface area contributed by atoms with Crippen LogP contribution < -0.4 is 30.1 Å². The van der Waals surface area contributed by atoms with Crippen molar-refractivity contribution in [1.29, 1.82) is 0 Å². The van der Waals surface area contributed by atoms with Gasteiger partial charge in [-0.2, -0.15) is 0 Å². The smallest absolute Gasteiger partial charge is 0.230 e. The maximum atomic E-state index is 12.3. The Bertz CT molecular complexity index is 1370. The van der Waals surface area contributed by atoms with E-state index >= 15 is 0 Å². The standard InChI is InChI=1S/C26H26N6O3S/c1-34-19-10-18(11-20(13-19)35-2)28-24-25(31-23-9-4-3-8-22(23)30-24)32-36-21-7-5-6-17(12-21)29-26(33)16-14-27-15-16/h3-13,16,27H,14-15H2,1-2H3,(H,28,30)(H,29,33)(H,31,32). The molecular weight excluding hydrogens is 476 g/mol. The molecular formula is C26H26N6O3S. The van der Waals surface area contributed by atoms with Gasteiger partial charge < -0.3 is 30.1 Å². The fraction of sp³-hybridized carbons (Fsp3) is 0.192. The van der Waals surface area contributed by atoms with E-state index in [2.05, 4.69) is 20.7 Å². The minimum absolute atomic E-state index is 0.0242. The van der Waals surface area contributed by atoms with Crippen LogP contribution in [0.5, 0.6) is 11.5 Å². The number of anilines is 4. The molecule has 10 heteroatoms. The van der Waals surface area contributed by atoms with Gasteiger partial charge in [0, 0.05) is 47.6 Å². The SMILES string of the molecule is COc1cc(Nc2nc3ccccc3nc2NSc2cccc(NC(=O)C3CNC3)c2)cc(OC)c1. The molecule has 1 aromatic heterocycles. The number of fused-ring (bicyclic) bond motifs is 1. The van der Waals surface area contributed by atoms with Crippen molar-refractivity contribution in [2.75, 3.05) is 42.7 Å². The molecule has 9 nitrogen and oxygen atoms in total. The van der Waals surface area contributed by atoms with Crippen LogP contribution in [0, 0.1) is 5.92 Å². The van der Waals surface area contributed by atoms with E-state index in [1.54, 1.807) is 20.3 Å². The first-order valence-electron chi connectivity index (χ1n) is 11.4. The highest BCUT2D eigenvalue weighted by Crippen LogP contribution is 2.32. The van der Waals surface area contributed by atoms with E-state index in [1.165, 1.54) is 11.9 Å². The molecule has 0 aliphatic carbocycles. The molecule has 1 amide bonds. The molecule has 3 aromatic carbocycles. The normalized spacial score (nSPS) is 13.1. The van der Waals surface area contributed by atoms with Crippen LogP contribution in [0.15, 0.2) is 71.6 Å². The predicted molar refractivity (Wildman–Crippen MR) is 143 cm³/mol. The number of carbonyl (C=O) groups is 1. The van der Waals surface area contributed by atoms with Crippen molar-refractivity contribution < 1.29 is 14.3 Å². The largest absolute Gasteiger partial charge is 0.497 e. The minimum atomic E-state index is 0.0242. The second kappa shape index (κ2) is 10.7. The monoisotopic (exact) mass is 502 g/mol. The Kier molecular flexibility index (Phi) is 7.06. The van der Waals surface area contributed by atoms with Gasteiger partial charge in [-0.25, -0.2) is 9.97 Å². The molecule has 0 spiro atoms. The van der Waals surface area contributed by atoms with Gasteiger partial charge in [0.1, 0.15) is 11.5 Å². The molecule has 4 N–H and O–H groups in total. The molecule has 36 heavy (non-hydrogen) atoms. The number of rotatable bonds is 9. The van der Waals surface area contributed by atoms with Gasteiger partial charge in [-0.05, 0) is 42.3 Å². The van der Waals surface area contributed by atoms with E-state index < -0.39 is 0 Å². The Morgan fingerprint density at radius 1 is 0.889 bits per heavy atom. The molecule has 0 atom stereocenters. The molecule has 0 unspecified atom stereocenters.